The topological polar surface area (TPSA) is 101 Å². The molecular weight excluding hydrogens is 396 g/mol. The summed E-state index contributed by atoms with van der Waals surface area (Å²) in [5, 5.41) is 12.3. The molecule has 1 aliphatic heterocycles. The highest BCUT2D eigenvalue weighted by molar-refractivity contribution is 6.21. The molecule has 9 heteroatoms. The molecule has 3 amide bonds. The first kappa shape index (κ1) is 19.6. The highest BCUT2D eigenvalue weighted by Gasteiger charge is 2.36. The number of carbonyl (C=O) groups is 3. The first-order valence-corrected chi connectivity index (χ1v) is 10.8. The number of allylic oxidation sites excluding steroid dienone is 2. The summed E-state index contributed by atoms with van der Waals surface area (Å²) in [6.45, 7) is 0.209. The van der Waals surface area contributed by atoms with Crippen molar-refractivity contribution in [3.63, 3.8) is 0 Å². The minimum absolute atomic E-state index is 0.0139. The second-order valence-electron chi connectivity index (χ2n) is 8.23. The molecule has 1 saturated carbocycles. The van der Waals surface area contributed by atoms with Crippen molar-refractivity contribution in [2.75, 3.05) is 6.54 Å². The summed E-state index contributed by atoms with van der Waals surface area (Å²) >= 11 is 0. The summed E-state index contributed by atoms with van der Waals surface area (Å²) < 4.78 is 0. The van der Waals surface area contributed by atoms with Gasteiger partial charge in [-0.2, -0.15) is 4.80 Å². The van der Waals surface area contributed by atoms with Crippen molar-refractivity contribution in [2.24, 2.45) is 0 Å². The van der Waals surface area contributed by atoms with E-state index in [1.54, 1.807) is 24.3 Å². The van der Waals surface area contributed by atoms with E-state index in [0.29, 0.717) is 23.0 Å². The summed E-state index contributed by atoms with van der Waals surface area (Å²) in [5.74, 6) is -0.216. The Balaban J connectivity index is 1.21. The van der Waals surface area contributed by atoms with Gasteiger partial charge in [0.05, 0.1) is 11.1 Å². The lowest BCUT2D eigenvalue weighted by Gasteiger charge is -2.27. The Morgan fingerprint density at radius 3 is 2.48 bits per heavy atom. The van der Waals surface area contributed by atoms with Gasteiger partial charge in [0.2, 0.25) is 0 Å². The van der Waals surface area contributed by atoms with Crippen LogP contribution in [0.15, 0.2) is 36.0 Å². The summed E-state index contributed by atoms with van der Waals surface area (Å²) in [6, 6.07) is 7.10. The number of nitrogens with zero attached hydrogens (tertiary/aromatic N) is 6. The zero-order chi connectivity index (χ0) is 21.4. The Kier molecular flexibility index (Phi) is 5.09. The first-order valence-electron chi connectivity index (χ1n) is 10.8. The van der Waals surface area contributed by atoms with Gasteiger partial charge in [-0.05, 0) is 55.9 Å². The van der Waals surface area contributed by atoms with Crippen molar-refractivity contribution in [3.8, 4) is 0 Å². The monoisotopic (exact) mass is 420 g/mol. The highest BCUT2D eigenvalue weighted by Crippen LogP contribution is 2.33. The van der Waals surface area contributed by atoms with Gasteiger partial charge in [-0.1, -0.05) is 18.2 Å². The predicted molar refractivity (Wildman–Crippen MR) is 110 cm³/mol. The van der Waals surface area contributed by atoms with E-state index < -0.39 is 0 Å². The van der Waals surface area contributed by atoms with Gasteiger partial charge in [0.15, 0.2) is 5.82 Å². The van der Waals surface area contributed by atoms with Gasteiger partial charge < -0.3 is 4.90 Å². The van der Waals surface area contributed by atoms with E-state index in [2.05, 4.69) is 21.5 Å². The lowest BCUT2D eigenvalue weighted by molar-refractivity contribution is -0.131. The molecule has 0 radical (unpaired) electrons. The zero-order valence-electron chi connectivity index (χ0n) is 17.2. The highest BCUT2D eigenvalue weighted by atomic mass is 16.2. The number of aromatic nitrogens is 4. The second kappa shape index (κ2) is 8.05. The van der Waals surface area contributed by atoms with Crippen LogP contribution in [0, 0.1) is 0 Å². The molecule has 9 nitrogen and oxygen atoms in total. The Morgan fingerprint density at radius 1 is 1.10 bits per heavy atom. The van der Waals surface area contributed by atoms with Crippen LogP contribution in [-0.4, -0.2) is 60.3 Å². The molecule has 1 fully saturated rings. The SMILES string of the molecule is O=C1c2ccccc2C(=O)N1CCc1nnn(CC(=O)N(C2=CCCCC2)C2CC2)n1. The Labute approximate surface area is 179 Å². The average molecular weight is 420 g/mol. The molecule has 1 aromatic heterocycles. The molecule has 2 aromatic rings. The number of tetrazole rings is 1. The fourth-order valence-electron chi connectivity index (χ4n) is 4.27. The van der Waals surface area contributed by atoms with Crippen LogP contribution in [0.5, 0.6) is 0 Å². The number of carbonyl (C=O) groups excluding carboxylic acids is 3. The van der Waals surface area contributed by atoms with Gasteiger partial charge in [-0.15, -0.1) is 10.2 Å². The summed E-state index contributed by atoms with van der Waals surface area (Å²) in [7, 11) is 0. The summed E-state index contributed by atoms with van der Waals surface area (Å²) in [6.07, 6.45) is 8.81. The van der Waals surface area contributed by atoms with Crippen molar-refractivity contribution < 1.29 is 14.4 Å². The third-order valence-corrected chi connectivity index (χ3v) is 5.97. The summed E-state index contributed by atoms with van der Waals surface area (Å²) in [5.41, 5.74) is 1.98. The van der Waals surface area contributed by atoms with Crippen molar-refractivity contribution in [3.05, 3.63) is 53.0 Å². The average Bonchev–Trinajstić information content (AvgIpc) is 3.47. The van der Waals surface area contributed by atoms with Crippen LogP contribution >= 0.6 is 0 Å². The number of imide groups is 1. The molecule has 2 heterocycles. The van der Waals surface area contributed by atoms with Crippen LogP contribution in [0.1, 0.15) is 65.1 Å². The minimum Gasteiger partial charge on any atom is -0.312 e. The maximum Gasteiger partial charge on any atom is 0.261 e. The number of hydrogen-bond acceptors (Lipinski definition) is 6. The number of benzene rings is 1. The third kappa shape index (κ3) is 3.87. The molecule has 2 aliphatic carbocycles. The molecule has 0 spiro atoms. The lowest BCUT2D eigenvalue weighted by Crippen LogP contribution is -2.36. The Bertz CT molecular complexity index is 1040. The molecule has 160 valence electrons. The largest absolute Gasteiger partial charge is 0.312 e. The van der Waals surface area contributed by atoms with Gasteiger partial charge in [0.1, 0.15) is 6.54 Å². The van der Waals surface area contributed by atoms with Gasteiger partial charge in [0, 0.05) is 24.7 Å². The third-order valence-electron chi connectivity index (χ3n) is 5.97. The molecule has 0 bridgehead atoms. The quantitative estimate of drug-likeness (QED) is 0.635. The normalized spacial score (nSPS) is 18.2. The van der Waals surface area contributed by atoms with Gasteiger partial charge >= 0.3 is 0 Å². The molecule has 1 aromatic carbocycles. The van der Waals surface area contributed by atoms with Crippen molar-refractivity contribution in [2.45, 2.75) is 57.5 Å². The van der Waals surface area contributed by atoms with Crippen molar-refractivity contribution in [1.29, 1.82) is 0 Å². The molecule has 0 saturated heterocycles. The van der Waals surface area contributed by atoms with E-state index in [0.717, 1.165) is 37.8 Å². The van der Waals surface area contributed by atoms with Crippen molar-refractivity contribution in [1.82, 2.24) is 30.0 Å². The number of fused-ring (bicyclic) bond motifs is 1. The predicted octanol–water partition coefficient (Wildman–Crippen LogP) is 1.96. The van der Waals surface area contributed by atoms with Crippen LogP contribution in [0.2, 0.25) is 0 Å². The van der Waals surface area contributed by atoms with Crippen LogP contribution in [0.25, 0.3) is 0 Å². The molecular formula is C22H24N6O3. The van der Waals surface area contributed by atoms with E-state index in [4.69, 9.17) is 0 Å². The standard InChI is InChI=1S/C22H24N6O3/c29-20(28(16-10-11-16)15-6-2-1-3-7-15)14-27-24-19(23-25-27)12-13-26-21(30)17-8-4-5-9-18(17)22(26)31/h4-6,8-9,16H,1-3,7,10-14H2. The molecule has 31 heavy (non-hydrogen) atoms. The maximum absolute atomic E-state index is 12.9. The second-order valence-corrected chi connectivity index (χ2v) is 8.23. The van der Waals surface area contributed by atoms with E-state index in [1.165, 1.54) is 16.1 Å². The smallest absolute Gasteiger partial charge is 0.261 e. The van der Waals surface area contributed by atoms with E-state index in [1.807, 2.05) is 4.90 Å². The molecule has 3 aliphatic rings. The Hall–Kier alpha value is -3.36. The van der Waals surface area contributed by atoms with Crippen LogP contribution < -0.4 is 0 Å². The molecule has 0 unspecified atom stereocenters. The molecule has 5 rings (SSSR count). The number of rotatable bonds is 7. The molecule has 0 atom stereocenters. The minimum atomic E-state index is -0.302. The van der Waals surface area contributed by atoms with E-state index in [-0.39, 0.29) is 37.2 Å². The van der Waals surface area contributed by atoms with Crippen LogP contribution in [0.3, 0.4) is 0 Å². The molecule has 0 N–H and O–H groups in total. The Morgan fingerprint density at radius 2 is 1.84 bits per heavy atom. The summed E-state index contributed by atoms with van der Waals surface area (Å²) in [4.78, 5) is 42.3. The lowest BCUT2D eigenvalue weighted by atomic mass is 10.0. The van der Waals surface area contributed by atoms with Gasteiger partial charge in [0.25, 0.3) is 17.7 Å². The zero-order valence-corrected chi connectivity index (χ0v) is 17.2. The van der Waals surface area contributed by atoms with Gasteiger partial charge in [-0.25, -0.2) is 0 Å². The van der Waals surface area contributed by atoms with E-state index >= 15 is 0 Å². The van der Waals surface area contributed by atoms with Crippen molar-refractivity contribution >= 4 is 17.7 Å². The fraction of sp³-hybridized carbons (Fsp3) is 0.455. The maximum atomic E-state index is 12.9. The fourth-order valence-corrected chi connectivity index (χ4v) is 4.27. The van der Waals surface area contributed by atoms with Crippen LogP contribution in [0.4, 0.5) is 0 Å². The first-order chi connectivity index (χ1) is 15.1. The van der Waals surface area contributed by atoms with Gasteiger partial charge in [-0.3, -0.25) is 19.3 Å². The van der Waals surface area contributed by atoms with Crippen LogP contribution in [-0.2, 0) is 17.8 Å². The number of amides is 3. The number of hydrogen-bond donors (Lipinski definition) is 0. The van der Waals surface area contributed by atoms with E-state index in [9.17, 15) is 14.4 Å².